The third-order valence-corrected chi connectivity index (χ3v) is 5.51. The Labute approximate surface area is 192 Å². The zero-order valence-electron chi connectivity index (χ0n) is 20.1. The lowest BCUT2D eigenvalue weighted by Gasteiger charge is -2.32. The summed E-state index contributed by atoms with van der Waals surface area (Å²) in [6, 6.07) is 6.66. The number of allylic oxidation sites excluding steroid dienone is 9. The normalized spacial score (nSPS) is 17.2. The van der Waals surface area contributed by atoms with E-state index in [1.54, 1.807) is 24.3 Å². The predicted molar refractivity (Wildman–Crippen MR) is 133 cm³/mol. The van der Waals surface area contributed by atoms with Gasteiger partial charge >= 0.3 is 5.97 Å². The van der Waals surface area contributed by atoms with E-state index in [0.717, 1.165) is 11.1 Å². The Balaban J connectivity index is 1.93. The van der Waals surface area contributed by atoms with Gasteiger partial charge in [-0.2, -0.15) is 0 Å². The maximum atomic E-state index is 12.1. The first-order chi connectivity index (χ1) is 15.1. The van der Waals surface area contributed by atoms with Crippen molar-refractivity contribution in [3.8, 4) is 5.75 Å². The zero-order valence-corrected chi connectivity index (χ0v) is 20.1. The average molecular weight is 436 g/mol. The first-order valence-corrected chi connectivity index (χ1v) is 11.1. The molecular formula is C28H35NO3. The molecule has 0 heterocycles. The van der Waals surface area contributed by atoms with Crippen LogP contribution in [-0.4, -0.2) is 11.9 Å². The van der Waals surface area contributed by atoms with Crippen molar-refractivity contribution in [3.63, 3.8) is 0 Å². The molecule has 1 N–H and O–H groups in total. The van der Waals surface area contributed by atoms with E-state index in [-0.39, 0.29) is 11.3 Å². The second-order valence-corrected chi connectivity index (χ2v) is 9.05. The minimum absolute atomic E-state index is 0.148. The van der Waals surface area contributed by atoms with Crippen molar-refractivity contribution < 1.29 is 14.3 Å². The fraction of sp³-hybridized carbons (Fsp3) is 0.357. The summed E-state index contributed by atoms with van der Waals surface area (Å²) in [6.45, 7) is 12.2. The van der Waals surface area contributed by atoms with Crippen molar-refractivity contribution in [3.05, 3.63) is 83.0 Å². The Morgan fingerprint density at radius 2 is 1.78 bits per heavy atom. The van der Waals surface area contributed by atoms with Crippen molar-refractivity contribution in [2.24, 2.45) is 5.41 Å². The number of nitrogens with one attached hydrogen (secondary N) is 1. The Morgan fingerprint density at radius 1 is 1.09 bits per heavy atom. The fourth-order valence-corrected chi connectivity index (χ4v) is 3.82. The van der Waals surface area contributed by atoms with Gasteiger partial charge in [-0.25, -0.2) is 4.79 Å². The highest BCUT2D eigenvalue weighted by atomic mass is 16.8. The topological polar surface area (TPSA) is 55.4 Å². The van der Waals surface area contributed by atoms with Crippen molar-refractivity contribution in [1.29, 1.82) is 0 Å². The smallest absolute Gasteiger partial charge is 0.336 e. The SMILES string of the molecule is CC(=O)Nc1ccc(O[14C](=O)/C=C(C)/C=C/C=C(C)/C=C/C2=C(C)CCCC2(C)C)cc1. The van der Waals surface area contributed by atoms with E-state index in [4.69, 9.17) is 4.74 Å². The Bertz CT molecular complexity index is 986. The van der Waals surface area contributed by atoms with Gasteiger partial charge in [0.1, 0.15) is 5.75 Å². The van der Waals surface area contributed by atoms with Crippen molar-refractivity contribution in [2.45, 2.75) is 60.8 Å². The summed E-state index contributed by atoms with van der Waals surface area (Å²) >= 11 is 0. The zero-order chi connectivity index (χ0) is 23.7. The number of hydrogen-bond donors (Lipinski definition) is 1. The molecule has 2 rings (SSSR count). The molecule has 0 fully saturated rings. The van der Waals surface area contributed by atoms with E-state index in [9.17, 15) is 9.59 Å². The average Bonchev–Trinajstić information content (AvgIpc) is 2.68. The number of ether oxygens (including phenoxy) is 1. The number of hydrogen-bond acceptors (Lipinski definition) is 3. The lowest BCUT2D eigenvalue weighted by Crippen LogP contribution is -2.19. The van der Waals surface area contributed by atoms with Gasteiger partial charge in [0, 0.05) is 18.7 Å². The number of carbonyl (C=O) groups is 2. The molecule has 1 aliphatic rings. The molecular weight excluding hydrogens is 400 g/mol. The predicted octanol–water partition coefficient (Wildman–Crippen LogP) is 7.08. The molecule has 1 amide bonds. The molecule has 0 aromatic heterocycles. The molecule has 1 aromatic carbocycles. The number of anilines is 1. The van der Waals surface area contributed by atoms with E-state index in [0.29, 0.717) is 11.4 Å². The highest BCUT2D eigenvalue weighted by Crippen LogP contribution is 2.40. The van der Waals surface area contributed by atoms with Crippen molar-refractivity contribution in [1.82, 2.24) is 0 Å². The molecule has 170 valence electrons. The first kappa shape index (κ1) is 25.1. The fourth-order valence-electron chi connectivity index (χ4n) is 3.82. The van der Waals surface area contributed by atoms with Gasteiger partial charge in [0.25, 0.3) is 0 Å². The summed E-state index contributed by atoms with van der Waals surface area (Å²) in [6.07, 6.45) is 15.4. The summed E-state index contributed by atoms with van der Waals surface area (Å²) in [5.74, 6) is -0.167. The Hall–Kier alpha value is -3.14. The molecule has 4 heteroatoms. The summed E-state index contributed by atoms with van der Waals surface area (Å²) < 4.78 is 5.31. The van der Waals surface area contributed by atoms with Crippen LogP contribution in [0.1, 0.15) is 60.8 Å². The van der Waals surface area contributed by atoms with E-state index in [2.05, 4.69) is 45.2 Å². The van der Waals surface area contributed by atoms with Crippen LogP contribution in [0.15, 0.2) is 83.0 Å². The van der Waals surface area contributed by atoms with Crippen LogP contribution in [0.5, 0.6) is 5.75 Å². The largest absolute Gasteiger partial charge is 0.423 e. The molecule has 0 bridgehead atoms. The molecule has 0 unspecified atom stereocenters. The van der Waals surface area contributed by atoms with Crippen LogP contribution >= 0.6 is 0 Å². The number of esters is 1. The molecule has 0 saturated carbocycles. The highest BCUT2D eigenvalue weighted by molar-refractivity contribution is 5.89. The monoisotopic (exact) mass is 435 g/mol. The summed E-state index contributed by atoms with van der Waals surface area (Å²) in [5, 5.41) is 2.67. The molecule has 4 nitrogen and oxygen atoms in total. The number of amides is 1. The van der Waals surface area contributed by atoms with Gasteiger partial charge in [0.05, 0.1) is 0 Å². The summed E-state index contributed by atoms with van der Waals surface area (Å²) in [5.41, 5.74) is 5.77. The molecule has 0 spiro atoms. The number of rotatable bonds is 7. The summed E-state index contributed by atoms with van der Waals surface area (Å²) in [4.78, 5) is 23.2. The van der Waals surface area contributed by atoms with Crippen molar-refractivity contribution in [2.75, 3.05) is 5.32 Å². The lowest BCUT2D eigenvalue weighted by molar-refractivity contribution is -0.129. The molecule has 0 radical (unpaired) electrons. The minimum Gasteiger partial charge on any atom is -0.423 e. The van der Waals surface area contributed by atoms with Gasteiger partial charge in [-0.1, -0.05) is 55.4 Å². The van der Waals surface area contributed by atoms with Crippen LogP contribution in [0.25, 0.3) is 0 Å². The third kappa shape index (κ3) is 8.18. The number of benzene rings is 1. The van der Waals surface area contributed by atoms with Crippen LogP contribution in [0.3, 0.4) is 0 Å². The van der Waals surface area contributed by atoms with E-state index in [1.807, 2.05) is 25.2 Å². The minimum atomic E-state index is -0.443. The van der Waals surface area contributed by atoms with Gasteiger partial charge in [-0.15, -0.1) is 0 Å². The van der Waals surface area contributed by atoms with Gasteiger partial charge < -0.3 is 10.1 Å². The van der Waals surface area contributed by atoms with E-state index >= 15 is 0 Å². The van der Waals surface area contributed by atoms with Gasteiger partial charge in [0.2, 0.25) is 5.91 Å². The van der Waals surface area contributed by atoms with Gasteiger partial charge in [0.15, 0.2) is 0 Å². The first-order valence-electron chi connectivity index (χ1n) is 11.1. The van der Waals surface area contributed by atoms with Crippen molar-refractivity contribution >= 4 is 17.6 Å². The van der Waals surface area contributed by atoms with Crippen LogP contribution in [0.4, 0.5) is 5.69 Å². The molecule has 1 aliphatic carbocycles. The molecule has 0 saturated heterocycles. The standard InChI is InChI=1S/C28H35NO3/c1-20(12-17-26-22(3)11-8-18-28(26,5)6)9-7-10-21(2)19-27(31)32-25-15-13-24(14-16-25)29-23(4)30/h7,9-10,12-17,19H,8,11,18H2,1-6H3,(H,29,30)/b10-7+,17-12+,20-9+,21-19+/i27+2. The maximum Gasteiger partial charge on any atom is 0.336 e. The maximum absolute atomic E-state index is 12.1. The van der Waals surface area contributed by atoms with Crippen LogP contribution in [-0.2, 0) is 9.59 Å². The van der Waals surface area contributed by atoms with Gasteiger partial charge in [-0.3, -0.25) is 4.79 Å². The lowest BCUT2D eigenvalue weighted by atomic mass is 9.72. The van der Waals surface area contributed by atoms with Gasteiger partial charge in [-0.05, 0) is 80.9 Å². The quantitative estimate of drug-likeness (QED) is 0.215. The summed E-state index contributed by atoms with van der Waals surface area (Å²) in [7, 11) is 0. The molecule has 32 heavy (non-hydrogen) atoms. The second kappa shape index (κ2) is 11.5. The van der Waals surface area contributed by atoms with Crippen LogP contribution < -0.4 is 10.1 Å². The number of carbonyl (C=O) groups excluding carboxylic acids is 2. The van der Waals surface area contributed by atoms with Crippen LogP contribution in [0, 0.1) is 5.41 Å². The molecule has 1 aromatic rings. The van der Waals surface area contributed by atoms with E-state index < -0.39 is 5.97 Å². The molecule has 0 atom stereocenters. The Morgan fingerprint density at radius 3 is 2.41 bits per heavy atom. The van der Waals surface area contributed by atoms with Crippen LogP contribution in [0.2, 0.25) is 0 Å². The Kier molecular flexibility index (Phi) is 9.01. The molecule has 0 aliphatic heterocycles. The van der Waals surface area contributed by atoms with E-state index in [1.165, 1.54) is 43.4 Å². The highest BCUT2D eigenvalue weighted by Gasteiger charge is 2.26. The second-order valence-electron chi connectivity index (χ2n) is 9.05. The third-order valence-electron chi connectivity index (χ3n) is 5.51.